The van der Waals surface area contributed by atoms with Crippen molar-refractivity contribution >= 4 is 33.1 Å². The van der Waals surface area contributed by atoms with Crippen LogP contribution in [0.5, 0.6) is 5.75 Å². The Morgan fingerprint density at radius 1 is 1.23 bits per heavy atom. The molecule has 0 atom stereocenters. The lowest BCUT2D eigenvalue weighted by Crippen LogP contribution is -2.20. The third-order valence-corrected chi connectivity index (χ3v) is 4.29. The van der Waals surface area contributed by atoms with Crippen molar-refractivity contribution in [3.63, 3.8) is 0 Å². The number of nitrogens with one attached hydrogen (secondary N) is 1. The molecule has 0 aliphatic rings. The number of ether oxygens (including phenoxy) is 1. The van der Waals surface area contributed by atoms with E-state index in [-0.39, 0.29) is 12.5 Å². The number of para-hydroxylation sites is 1. The van der Waals surface area contributed by atoms with Gasteiger partial charge in [-0.2, -0.15) is 0 Å². The van der Waals surface area contributed by atoms with E-state index in [0.29, 0.717) is 5.75 Å². The van der Waals surface area contributed by atoms with Crippen LogP contribution < -0.4 is 10.1 Å². The first-order valence-electron chi connectivity index (χ1n) is 7.12. The van der Waals surface area contributed by atoms with Crippen molar-refractivity contribution in [1.29, 1.82) is 0 Å². The second-order valence-corrected chi connectivity index (χ2v) is 5.91. The van der Waals surface area contributed by atoms with Gasteiger partial charge in [-0.05, 0) is 36.8 Å². The van der Waals surface area contributed by atoms with E-state index in [1.807, 2.05) is 48.5 Å². The molecule has 22 heavy (non-hydrogen) atoms. The molecule has 0 fully saturated rings. The lowest BCUT2D eigenvalue weighted by atomic mass is 10.3. The van der Waals surface area contributed by atoms with Crippen molar-refractivity contribution in [1.82, 2.24) is 4.98 Å². The van der Waals surface area contributed by atoms with Gasteiger partial charge in [0.15, 0.2) is 6.61 Å². The topological polar surface area (TPSA) is 51.2 Å². The van der Waals surface area contributed by atoms with Crippen LogP contribution in [0.3, 0.4) is 0 Å². The number of rotatable bonds is 5. The molecule has 0 spiro atoms. The normalized spacial score (nSPS) is 10.6. The number of anilines is 1. The molecule has 1 N–H and O–H groups in total. The van der Waals surface area contributed by atoms with Crippen LogP contribution in [0.1, 0.15) is 11.9 Å². The lowest BCUT2D eigenvalue weighted by molar-refractivity contribution is -0.118. The molecule has 0 saturated carbocycles. The highest BCUT2D eigenvalue weighted by Gasteiger charge is 2.07. The fraction of sp³-hybridized carbons (Fsp3) is 0.176. The lowest BCUT2D eigenvalue weighted by Gasteiger charge is -2.07. The molecule has 0 unspecified atom stereocenters. The highest BCUT2D eigenvalue weighted by molar-refractivity contribution is 7.18. The summed E-state index contributed by atoms with van der Waals surface area (Å²) in [5.41, 5.74) is 1.74. The molecule has 3 aromatic rings. The first-order valence-corrected chi connectivity index (χ1v) is 7.93. The van der Waals surface area contributed by atoms with Gasteiger partial charge in [-0.15, -0.1) is 11.3 Å². The van der Waals surface area contributed by atoms with Gasteiger partial charge in [0, 0.05) is 5.69 Å². The molecule has 3 rings (SSSR count). The van der Waals surface area contributed by atoms with Gasteiger partial charge < -0.3 is 10.1 Å². The summed E-state index contributed by atoms with van der Waals surface area (Å²) in [6.07, 6.45) is 0.923. The Morgan fingerprint density at radius 2 is 2.05 bits per heavy atom. The Labute approximate surface area is 132 Å². The Bertz CT molecular complexity index is 784. The smallest absolute Gasteiger partial charge is 0.262 e. The highest BCUT2D eigenvalue weighted by Crippen LogP contribution is 2.25. The molecule has 1 amide bonds. The largest absolute Gasteiger partial charge is 0.484 e. The summed E-state index contributed by atoms with van der Waals surface area (Å²) in [5.74, 6) is 0.506. The highest BCUT2D eigenvalue weighted by atomic mass is 32.1. The van der Waals surface area contributed by atoms with Crippen molar-refractivity contribution in [3.8, 4) is 5.75 Å². The van der Waals surface area contributed by atoms with Crippen molar-refractivity contribution < 1.29 is 9.53 Å². The number of hydrogen-bond acceptors (Lipinski definition) is 4. The molecule has 0 bridgehead atoms. The van der Waals surface area contributed by atoms with Gasteiger partial charge in [0.05, 0.1) is 15.2 Å². The maximum Gasteiger partial charge on any atom is 0.262 e. The minimum atomic E-state index is -0.177. The number of aromatic nitrogens is 1. The Morgan fingerprint density at radius 3 is 2.82 bits per heavy atom. The molecular formula is C17H16N2O2S. The summed E-state index contributed by atoms with van der Waals surface area (Å²) in [5, 5.41) is 3.95. The minimum Gasteiger partial charge on any atom is -0.484 e. The fourth-order valence-electron chi connectivity index (χ4n) is 2.06. The third kappa shape index (κ3) is 3.43. The summed E-state index contributed by atoms with van der Waals surface area (Å²) >= 11 is 1.66. The maximum absolute atomic E-state index is 11.9. The maximum atomic E-state index is 11.9. The van der Waals surface area contributed by atoms with E-state index in [1.165, 1.54) is 0 Å². The molecule has 0 aliphatic carbocycles. The number of aryl methyl sites for hydroxylation is 1. The molecular weight excluding hydrogens is 296 g/mol. The van der Waals surface area contributed by atoms with Crippen molar-refractivity contribution in [3.05, 3.63) is 53.5 Å². The molecule has 0 radical (unpaired) electrons. The Balaban J connectivity index is 1.63. The zero-order chi connectivity index (χ0) is 15.4. The van der Waals surface area contributed by atoms with E-state index >= 15 is 0 Å². The predicted molar refractivity (Wildman–Crippen MR) is 89.6 cm³/mol. The SMILES string of the molecule is CCc1nc2ccc(NC(=O)COc3ccccc3)cc2s1. The number of nitrogens with zero attached hydrogens (tertiary/aromatic N) is 1. The first-order chi connectivity index (χ1) is 10.7. The molecule has 0 aliphatic heterocycles. The average Bonchev–Trinajstić information content (AvgIpc) is 2.96. The summed E-state index contributed by atoms with van der Waals surface area (Å²) in [7, 11) is 0. The molecule has 112 valence electrons. The quantitative estimate of drug-likeness (QED) is 0.778. The monoisotopic (exact) mass is 312 g/mol. The van der Waals surface area contributed by atoms with Crippen LogP contribution in [0.25, 0.3) is 10.2 Å². The summed E-state index contributed by atoms with van der Waals surface area (Å²) in [4.78, 5) is 16.4. The van der Waals surface area contributed by atoms with E-state index in [1.54, 1.807) is 11.3 Å². The van der Waals surface area contributed by atoms with Crippen LogP contribution in [-0.2, 0) is 11.2 Å². The van der Waals surface area contributed by atoms with Crippen LogP contribution in [-0.4, -0.2) is 17.5 Å². The van der Waals surface area contributed by atoms with E-state index in [2.05, 4.69) is 17.2 Å². The van der Waals surface area contributed by atoms with Gasteiger partial charge in [0.1, 0.15) is 5.75 Å². The Kier molecular flexibility index (Phi) is 4.34. The van der Waals surface area contributed by atoms with Crippen molar-refractivity contribution in [2.45, 2.75) is 13.3 Å². The number of benzene rings is 2. The zero-order valence-electron chi connectivity index (χ0n) is 12.2. The van der Waals surface area contributed by atoms with E-state index in [0.717, 1.165) is 27.3 Å². The number of fused-ring (bicyclic) bond motifs is 1. The van der Waals surface area contributed by atoms with Gasteiger partial charge in [0.2, 0.25) is 0 Å². The molecule has 5 heteroatoms. The molecule has 4 nitrogen and oxygen atoms in total. The van der Waals surface area contributed by atoms with Gasteiger partial charge in [-0.25, -0.2) is 4.98 Å². The second kappa shape index (κ2) is 6.58. The number of amides is 1. The Hall–Kier alpha value is -2.40. The molecule has 1 heterocycles. The van der Waals surface area contributed by atoms with Crippen LogP contribution in [0.15, 0.2) is 48.5 Å². The summed E-state index contributed by atoms with van der Waals surface area (Å²) in [6, 6.07) is 15.0. The van der Waals surface area contributed by atoms with Gasteiger partial charge in [0.25, 0.3) is 5.91 Å². The minimum absolute atomic E-state index is 0.00898. The number of carbonyl (C=O) groups is 1. The van der Waals surface area contributed by atoms with Crippen molar-refractivity contribution in [2.75, 3.05) is 11.9 Å². The standard InChI is InChI=1S/C17H16N2O2S/c1-2-17-19-14-9-8-12(10-15(14)22-17)18-16(20)11-21-13-6-4-3-5-7-13/h3-10H,2,11H2,1H3,(H,18,20). The van der Waals surface area contributed by atoms with Crippen LogP contribution >= 0.6 is 11.3 Å². The summed E-state index contributed by atoms with van der Waals surface area (Å²) < 4.78 is 6.51. The van der Waals surface area contributed by atoms with Crippen LogP contribution in [0, 0.1) is 0 Å². The molecule has 0 saturated heterocycles. The molecule has 2 aromatic carbocycles. The number of hydrogen-bond donors (Lipinski definition) is 1. The first kappa shape index (κ1) is 14.5. The van der Waals surface area contributed by atoms with Gasteiger partial charge in [-0.3, -0.25) is 4.79 Å². The molecule has 1 aromatic heterocycles. The zero-order valence-corrected chi connectivity index (χ0v) is 13.0. The van der Waals surface area contributed by atoms with Gasteiger partial charge >= 0.3 is 0 Å². The van der Waals surface area contributed by atoms with E-state index in [4.69, 9.17) is 4.74 Å². The number of carbonyl (C=O) groups excluding carboxylic acids is 1. The van der Waals surface area contributed by atoms with Crippen molar-refractivity contribution in [2.24, 2.45) is 0 Å². The van der Waals surface area contributed by atoms with Crippen LogP contribution in [0.4, 0.5) is 5.69 Å². The average molecular weight is 312 g/mol. The second-order valence-electron chi connectivity index (χ2n) is 4.79. The summed E-state index contributed by atoms with van der Waals surface area (Å²) in [6.45, 7) is 2.08. The fourth-order valence-corrected chi connectivity index (χ4v) is 3.01. The van der Waals surface area contributed by atoms with Gasteiger partial charge in [-0.1, -0.05) is 25.1 Å². The van der Waals surface area contributed by atoms with E-state index < -0.39 is 0 Å². The number of thiazole rings is 1. The third-order valence-electron chi connectivity index (χ3n) is 3.13. The van der Waals surface area contributed by atoms with Crippen LogP contribution in [0.2, 0.25) is 0 Å². The van der Waals surface area contributed by atoms with E-state index in [9.17, 15) is 4.79 Å². The predicted octanol–water partition coefficient (Wildman–Crippen LogP) is 3.88.